The van der Waals surface area contributed by atoms with Gasteiger partial charge in [-0.25, -0.2) is 9.97 Å². The third kappa shape index (κ3) is 5.11. The molecule has 0 radical (unpaired) electrons. The zero-order valence-corrected chi connectivity index (χ0v) is 20.5. The van der Waals surface area contributed by atoms with Gasteiger partial charge in [-0.3, -0.25) is 4.79 Å². The highest BCUT2D eigenvalue weighted by molar-refractivity contribution is 6.01. The lowest BCUT2D eigenvalue weighted by Crippen LogP contribution is -2.31. The first kappa shape index (κ1) is 24.0. The van der Waals surface area contributed by atoms with E-state index in [1.807, 2.05) is 54.6 Å². The molecule has 2 aromatic heterocycles. The molecule has 3 heterocycles. The lowest BCUT2D eigenvalue weighted by molar-refractivity contribution is -0.137. The van der Waals surface area contributed by atoms with Gasteiger partial charge in [-0.1, -0.05) is 42.5 Å². The van der Waals surface area contributed by atoms with E-state index in [9.17, 15) is 4.79 Å². The van der Waals surface area contributed by atoms with E-state index in [1.165, 1.54) is 0 Å². The van der Waals surface area contributed by atoms with Crippen molar-refractivity contribution in [2.24, 2.45) is 0 Å². The molecule has 1 saturated heterocycles. The van der Waals surface area contributed by atoms with Gasteiger partial charge in [-0.05, 0) is 62.9 Å². The van der Waals surface area contributed by atoms with Crippen LogP contribution in [0.5, 0.6) is 5.75 Å². The van der Waals surface area contributed by atoms with Crippen molar-refractivity contribution in [3.63, 3.8) is 0 Å². The fourth-order valence-corrected chi connectivity index (χ4v) is 5.26. The number of hydrogen-bond acceptors (Lipinski definition) is 6. The van der Waals surface area contributed by atoms with Gasteiger partial charge in [0.1, 0.15) is 17.8 Å². The predicted molar refractivity (Wildman–Crippen MR) is 139 cm³/mol. The predicted octanol–water partition coefficient (Wildman–Crippen LogP) is 5.83. The molecule has 4 aromatic rings. The largest absolute Gasteiger partial charge is 0.497 e. The molecule has 0 aliphatic carbocycles. The van der Waals surface area contributed by atoms with Crippen LogP contribution in [0.2, 0.25) is 0 Å². The number of aryl methyl sites for hydroxylation is 1. The smallest absolute Gasteiger partial charge is 0.303 e. The van der Waals surface area contributed by atoms with Crippen molar-refractivity contribution < 1.29 is 19.1 Å². The van der Waals surface area contributed by atoms with Crippen LogP contribution in [0.4, 0.5) is 0 Å². The normalized spacial score (nSPS) is 16.0. The summed E-state index contributed by atoms with van der Waals surface area (Å²) in [6, 6.07) is 18.6. The third-order valence-electron chi connectivity index (χ3n) is 7.03. The Morgan fingerprint density at radius 2 is 1.92 bits per heavy atom. The van der Waals surface area contributed by atoms with Gasteiger partial charge >= 0.3 is 5.97 Å². The van der Waals surface area contributed by atoms with Crippen molar-refractivity contribution in [3.05, 3.63) is 66.6 Å². The number of likely N-dealkylation sites (tertiary alicyclic amines) is 1. The van der Waals surface area contributed by atoms with Crippen LogP contribution in [-0.4, -0.2) is 52.2 Å². The molecule has 1 unspecified atom stereocenters. The number of fused-ring (bicyclic) bond motifs is 1. The van der Waals surface area contributed by atoms with E-state index in [0.29, 0.717) is 18.2 Å². The number of aromatic nitrogens is 2. The maximum atomic E-state index is 10.9. The molecule has 0 bridgehead atoms. The summed E-state index contributed by atoms with van der Waals surface area (Å²) in [5.41, 5.74) is 4.59. The molecule has 0 spiro atoms. The van der Waals surface area contributed by atoms with Crippen LogP contribution in [0.25, 0.3) is 33.6 Å². The van der Waals surface area contributed by atoms with Crippen LogP contribution >= 0.6 is 0 Å². The van der Waals surface area contributed by atoms with Crippen LogP contribution in [0.1, 0.15) is 37.8 Å². The molecule has 0 saturated carbocycles. The number of carboxylic acid groups (broad SMARTS) is 1. The molecule has 7 heteroatoms. The Balaban J connectivity index is 1.48. The summed E-state index contributed by atoms with van der Waals surface area (Å²) >= 11 is 0. The minimum Gasteiger partial charge on any atom is -0.497 e. The second kappa shape index (κ2) is 10.9. The minimum absolute atomic E-state index is 0.220. The first-order valence-corrected chi connectivity index (χ1v) is 12.6. The Labute approximate surface area is 210 Å². The monoisotopic (exact) mass is 485 g/mol. The average Bonchev–Trinajstić information content (AvgIpc) is 3.52. The highest BCUT2D eigenvalue weighted by Gasteiger charge is 2.26. The highest BCUT2D eigenvalue weighted by Crippen LogP contribution is 2.42. The summed E-state index contributed by atoms with van der Waals surface area (Å²) in [6.45, 7) is 1.86. The van der Waals surface area contributed by atoms with E-state index in [0.717, 1.165) is 78.1 Å². The molecular formula is C29H31N3O4. The van der Waals surface area contributed by atoms with Gasteiger partial charge in [-0.15, -0.1) is 0 Å². The van der Waals surface area contributed by atoms with E-state index in [-0.39, 0.29) is 6.42 Å². The van der Waals surface area contributed by atoms with E-state index < -0.39 is 5.97 Å². The van der Waals surface area contributed by atoms with Crippen molar-refractivity contribution in [1.29, 1.82) is 0 Å². The van der Waals surface area contributed by atoms with E-state index in [1.54, 1.807) is 13.4 Å². The zero-order chi connectivity index (χ0) is 24.9. The molecule has 0 amide bonds. The molecule has 1 fully saturated rings. The number of benzene rings is 2. The Morgan fingerprint density at radius 1 is 1.11 bits per heavy atom. The Morgan fingerprint density at radius 3 is 2.67 bits per heavy atom. The van der Waals surface area contributed by atoms with Crippen molar-refractivity contribution in [2.75, 3.05) is 20.2 Å². The lowest BCUT2D eigenvalue weighted by atomic mass is 9.96. The second-order valence-electron chi connectivity index (χ2n) is 9.27. The summed E-state index contributed by atoms with van der Waals surface area (Å²) in [5, 5.41) is 9.95. The molecule has 1 N–H and O–H groups in total. The topological polar surface area (TPSA) is 88.7 Å². The van der Waals surface area contributed by atoms with E-state index in [4.69, 9.17) is 19.2 Å². The van der Waals surface area contributed by atoms with Crippen LogP contribution in [-0.2, 0) is 11.2 Å². The molecule has 36 heavy (non-hydrogen) atoms. The van der Waals surface area contributed by atoms with Crippen molar-refractivity contribution in [2.45, 2.75) is 44.6 Å². The minimum atomic E-state index is -0.727. The summed E-state index contributed by atoms with van der Waals surface area (Å²) < 4.78 is 11.7. The van der Waals surface area contributed by atoms with Crippen LogP contribution in [0.3, 0.4) is 0 Å². The standard InChI is InChI=1S/C29H31N3O4/c1-35-23-14-11-20(12-15-23)26-27-24(16-13-22-9-5-17-32(22)18-6-10-25(33)34)30-19-31-29(27)36-28(26)21-7-3-2-4-8-21/h2-4,7-8,11-12,14-15,19,22H,5-6,9-10,13,16-18H2,1H3,(H,33,34). The van der Waals surface area contributed by atoms with Gasteiger partial charge in [0.15, 0.2) is 0 Å². The van der Waals surface area contributed by atoms with Crippen molar-refractivity contribution in [1.82, 2.24) is 14.9 Å². The van der Waals surface area contributed by atoms with Crippen LogP contribution < -0.4 is 4.74 Å². The van der Waals surface area contributed by atoms with Crippen molar-refractivity contribution >= 4 is 17.1 Å². The van der Waals surface area contributed by atoms with Gasteiger partial charge in [0, 0.05) is 23.6 Å². The molecule has 1 atom stereocenters. The number of hydrogen-bond donors (Lipinski definition) is 1. The molecule has 2 aromatic carbocycles. The van der Waals surface area contributed by atoms with Crippen LogP contribution in [0, 0.1) is 0 Å². The molecule has 1 aliphatic heterocycles. The first-order valence-electron chi connectivity index (χ1n) is 12.6. The lowest BCUT2D eigenvalue weighted by Gasteiger charge is -2.24. The Bertz CT molecular complexity index is 1320. The second-order valence-corrected chi connectivity index (χ2v) is 9.27. The quantitative estimate of drug-likeness (QED) is 0.302. The number of aliphatic carboxylic acids is 1. The Hall–Kier alpha value is -3.71. The summed E-state index contributed by atoms with van der Waals surface area (Å²) in [4.78, 5) is 22.6. The fourth-order valence-electron chi connectivity index (χ4n) is 5.26. The Kier molecular flexibility index (Phi) is 7.28. The van der Waals surface area contributed by atoms with E-state index >= 15 is 0 Å². The number of nitrogens with zero attached hydrogens (tertiary/aromatic N) is 3. The summed E-state index contributed by atoms with van der Waals surface area (Å²) in [5.74, 6) is 0.858. The number of ether oxygens (including phenoxy) is 1. The first-order chi connectivity index (χ1) is 17.6. The van der Waals surface area contributed by atoms with Crippen LogP contribution in [0.15, 0.2) is 65.3 Å². The van der Waals surface area contributed by atoms with Gasteiger partial charge in [-0.2, -0.15) is 0 Å². The number of furan rings is 1. The third-order valence-corrected chi connectivity index (χ3v) is 7.03. The SMILES string of the molecule is COc1ccc(-c2c(-c3ccccc3)oc3ncnc(CCC4CCCN4CCCC(=O)O)c23)cc1. The zero-order valence-electron chi connectivity index (χ0n) is 20.5. The maximum absolute atomic E-state index is 10.9. The molecule has 186 valence electrons. The number of rotatable bonds is 10. The fraction of sp³-hybridized carbons (Fsp3) is 0.345. The van der Waals surface area contributed by atoms with Gasteiger partial charge in [0.05, 0.1) is 18.2 Å². The number of carboxylic acids is 1. The summed E-state index contributed by atoms with van der Waals surface area (Å²) in [6.07, 6.45) is 6.55. The van der Waals surface area contributed by atoms with Crippen molar-refractivity contribution in [3.8, 4) is 28.2 Å². The molecule has 5 rings (SSSR count). The molecule has 1 aliphatic rings. The number of methoxy groups -OCH3 is 1. The highest BCUT2D eigenvalue weighted by atomic mass is 16.5. The van der Waals surface area contributed by atoms with Gasteiger partial charge < -0.3 is 19.2 Å². The average molecular weight is 486 g/mol. The van der Waals surface area contributed by atoms with Gasteiger partial charge in [0.2, 0.25) is 5.71 Å². The maximum Gasteiger partial charge on any atom is 0.303 e. The van der Waals surface area contributed by atoms with Gasteiger partial charge in [0.25, 0.3) is 0 Å². The molecular weight excluding hydrogens is 454 g/mol. The molecule has 7 nitrogen and oxygen atoms in total. The number of carbonyl (C=O) groups is 1. The van der Waals surface area contributed by atoms with E-state index in [2.05, 4.69) is 9.88 Å². The summed E-state index contributed by atoms with van der Waals surface area (Å²) in [7, 11) is 1.66.